The number of aliphatic hydroxyl groups excluding tert-OH is 1. The number of rotatable bonds is 8. The molecule has 2 aromatic heterocycles. The quantitative estimate of drug-likeness (QED) is 0.578. The first-order valence-corrected chi connectivity index (χ1v) is 10.2. The summed E-state index contributed by atoms with van der Waals surface area (Å²) in [5.74, 6) is 1.39. The summed E-state index contributed by atoms with van der Waals surface area (Å²) in [4.78, 5) is 12.9. The molecule has 1 fully saturated rings. The van der Waals surface area contributed by atoms with Crippen LogP contribution in [0.5, 0.6) is 5.75 Å². The van der Waals surface area contributed by atoms with Gasteiger partial charge in [-0.3, -0.25) is 0 Å². The lowest BCUT2D eigenvalue weighted by Crippen LogP contribution is -2.17. The number of aromatic hydroxyl groups is 1. The lowest BCUT2D eigenvalue weighted by molar-refractivity contribution is 0.241. The second-order valence-corrected chi connectivity index (χ2v) is 7.81. The molecular weight excluding hydrogens is 368 g/mol. The Morgan fingerprint density at radius 2 is 1.83 bits per heavy atom. The van der Waals surface area contributed by atoms with Gasteiger partial charge < -0.3 is 19.0 Å². The number of aliphatic hydroxyl groups is 1. The van der Waals surface area contributed by atoms with E-state index in [1.165, 1.54) is 0 Å². The molecule has 0 radical (unpaired) electrons. The first-order valence-electron chi connectivity index (χ1n) is 10.2. The third-order valence-corrected chi connectivity index (χ3v) is 5.75. The topological polar surface area (TPSA) is 83.8 Å². The summed E-state index contributed by atoms with van der Waals surface area (Å²) in [5.41, 5.74) is 0.906. The molecule has 1 aromatic carbocycles. The molecule has 0 saturated heterocycles. The van der Waals surface area contributed by atoms with Crippen molar-refractivity contribution in [1.29, 1.82) is 0 Å². The fraction of sp³-hybridized carbons (Fsp3) is 0.375. The van der Waals surface area contributed by atoms with Gasteiger partial charge in [0.15, 0.2) is 0 Å². The van der Waals surface area contributed by atoms with Gasteiger partial charge in [0.25, 0.3) is 0 Å². The predicted octanol–water partition coefficient (Wildman–Crippen LogP) is 4.71. The maximum absolute atomic E-state index is 12.9. The zero-order valence-electron chi connectivity index (χ0n) is 16.5. The van der Waals surface area contributed by atoms with Crippen molar-refractivity contribution >= 4 is 0 Å². The summed E-state index contributed by atoms with van der Waals surface area (Å²) in [7, 11) is 0. The molecular formula is C24H26O5. The van der Waals surface area contributed by atoms with Crippen LogP contribution in [0.2, 0.25) is 0 Å². The highest BCUT2D eigenvalue weighted by Gasteiger charge is 2.39. The Morgan fingerprint density at radius 3 is 2.41 bits per heavy atom. The second-order valence-electron chi connectivity index (χ2n) is 7.81. The van der Waals surface area contributed by atoms with Gasteiger partial charge in [0.1, 0.15) is 29.6 Å². The van der Waals surface area contributed by atoms with Crippen molar-refractivity contribution in [2.45, 2.75) is 51.0 Å². The molecule has 2 unspecified atom stereocenters. The largest absolute Gasteiger partial charge is 0.507 e. The Morgan fingerprint density at radius 1 is 1.07 bits per heavy atom. The predicted molar refractivity (Wildman–Crippen MR) is 109 cm³/mol. The van der Waals surface area contributed by atoms with Gasteiger partial charge in [-0.2, -0.15) is 0 Å². The normalized spacial score (nSPS) is 15.9. The van der Waals surface area contributed by atoms with Crippen molar-refractivity contribution in [3.8, 4) is 5.75 Å². The summed E-state index contributed by atoms with van der Waals surface area (Å²) in [5, 5.41) is 20.1. The molecule has 152 valence electrons. The van der Waals surface area contributed by atoms with Crippen molar-refractivity contribution in [3.05, 3.63) is 87.4 Å². The average Bonchev–Trinajstić information content (AvgIpc) is 3.45. The first-order chi connectivity index (χ1) is 14.1. The van der Waals surface area contributed by atoms with E-state index in [1.54, 1.807) is 18.2 Å². The third kappa shape index (κ3) is 4.15. The lowest BCUT2D eigenvalue weighted by atomic mass is 9.90. The summed E-state index contributed by atoms with van der Waals surface area (Å²) >= 11 is 0. The number of hydrogen-bond donors (Lipinski definition) is 2. The molecule has 2 N–H and O–H groups in total. The van der Waals surface area contributed by atoms with Gasteiger partial charge in [0.2, 0.25) is 0 Å². The van der Waals surface area contributed by atoms with Crippen LogP contribution in [-0.2, 0) is 13.0 Å². The molecule has 2 heterocycles. The van der Waals surface area contributed by atoms with Crippen LogP contribution in [0.3, 0.4) is 0 Å². The van der Waals surface area contributed by atoms with E-state index in [0.29, 0.717) is 17.3 Å². The smallest absolute Gasteiger partial charge is 0.343 e. The van der Waals surface area contributed by atoms with Crippen LogP contribution in [0.1, 0.15) is 66.4 Å². The standard InChI is InChI=1S/C24H26O5/c1-2-16(12-15-6-4-3-5-7-15)21-13-19(26)23(24(27)29-21)22(17-8-9-17)20-11-10-18(14-25)28-20/h3-7,10-11,13,16-17,22,25-26H,2,8-9,12,14H2,1H3. The summed E-state index contributed by atoms with van der Waals surface area (Å²) < 4.78 is 11.4. The van der Waals surface area contributed by atoms with E-state index in [1.807, 2.05) is 37.3 Å². The Hall–Kier alpha value is -2.79. The SMILES string of the molecule is CCC(Cc1ccccc1)c1cc(O)c(C(c2ccc(CO)o2)C2CC2)c(=O)o1. The van der Waals surface area contributed by atoms with Crippen LogP contribution in [0.15, 0.2) is 62.2 Å². The average molecular weight is 394 g/mol. The van der Waals surface area contributed by atoms with E-state index in [4.69, 9.17) is 8.83 Å². The summed E-state index contributed by atoms with van der Waals surface area (Å²) in [6, 6.07) is 15.1. The number of benzene rings is 1. The molecule has 5 nitrogen and oxygen atoms in total. The van der Waals surface area contributed by atoms with Crippen molar-refractivity contribution in [2.75, 3.05) is 0 Å². The van der Waals surface area contributed by atoms with E-state index in [9.17, 15) is 15.0 Å². The van der Waals surface area contributed by atoms with Gasteiger partial charge in [0.05, 0.1) is 11.5 Å². The van der Waals surface area contributed by atoms with Crippen molar-refractivity contribution in [2.24, 2.45) is 5.92 Å². The van der Waals surface area contributed by atoms with Crippen molar-refractivity contribution in [1.82, 2.24) is 0 Å². The van der Waals surface area contributed by atoms with Gasteiger partial charge in [-0.25, -0.2) is 4.79 Å². The highest BCUT2D eigenvalue weighted by atomic mass is 16.4. The van der Waals surface area contributed by atoms with Crippen LogP contribution in [-0.4, -0.2) is 10.2 Å². The molecule has 0 amide bonds. The fourth-order valence-electron chi connectivity index (χ4n) is 4.03. The Bertz CT molecular complexity index is 1010. The zero-order valence-corrected chi connectivity index (χ0v) is 16.5. The van der Waals surface area contributed by atoms with E-state index >= 15 is 0 Å². The van der Waals surface area contributed by atoms with Crippen LogP contribution in [0.4, 0.5) is 0 Å². The molecule has 0 spiro atoms. The lowest BCUT2D eigenvalue weighted by Gasteiger charge is -2.18. The van der Waals surface area contributed by atoms with Crippen molar-refractivity contribution in [3.63, 3.8) is 0 Å². The Balaban J connectivity index is 1.68. The molecule has 5 heteroatoms. The maximum Gasteiger partial charge on any atom is 0.343 e. The van der Waals surface area contributed by atoms with Crippen LogP contribution in [0.25, 0.3) is 0 Å². The van der Waals surface area contributed by atoms with Gasteiger partial charge in [-0.05, 0) is 49.3 Å². The Labute approximate surface area is 169 Å². The molecule has 29 heavy (non-hydrogen) atoms. The van der Waals surface area contributed by atoms with Gasteiger partial charge >= 0.3 is 5.63 Å². The highest BCUT2D eigenvalue weighted by Crippen LogP contribution is 2.48. The van der Waals surface area contributed by atoms with E-state index in [2.05, 4.69) is 0 Å². The number of furan rings is 1. The highest BCUT2D eigenvalue weighted by molar-refractivity contribution is 5.40. The minimum Gasteiger partial charge on any atom is -0.507 e. The molecule has 4 rings (SSSR count). The monoisotopic (exact) mass is 394 g/mol. The molecule has 0 bridgehead atoms. The molecule has 1 aliphatic rings. The molecule has 1 saturated carbocycles. The van der Waals surface area contributed by atoms with Crippen molar-refractivity contribution < 1.29 is 19.0 Å². The third-order valence-electron chi connectivity index (χ3n) is 5.75. The minimum atomic E-state index is -0.509. The van der Waals surface area contributed by atoms with Gasteiger partial charge in [-0.1, -0.05) is 37.3 Å². The molecule has 3 aromatic rings. The Kier molecular flexibility index (Phi) is 5.58. The second kappa shape index (κ2) is 8.29. The molecule has 0 aliphatic heterocycles. The van der Waals surface area contributed by atoms with Gasteiger partial charge in [-0.15, -0.1) is 0 Å². The van der Waals surface area contributed by atoms with E-state index < -0.39 is 5.63 Å². The van der Waals surface area contributed by atoms with Crippen LogP contribution in [0, 0.1) is 5.92 Å². The van der Waals surface area contributed by atoms with Gasteiger partial charge in [0, 0.05) is 12.0 Å². The number of hydrogen-bond acceptors (Lipinski definition) is 5. The van der Waals surface area contributed by atoms with E-state index in [-0.39, 0.29) is 35.7 Å². The summed E-state index contributed by atoms with van der Waals surface area (Å²) in [6.45, 7) is 1.85. The molecule has 2 atom stereocenters. The van der Waals surface area contributed by atoms with E-state index in [0.717, 1.165) is 31.2 Å². The zero-order chi connectivity index (χ0) is 20.4. The fourth-order valence-corrected chi connectivity index (χ4v) is 4.03. The van der Waals surface area contributed by atoms with Crippen LogP contribution >= 0.6 is 0 Å². The minimum absolute atomic E-state index is 0.00836. The first kappa shape index (κ1) is 19.5. The summed E-state index contributed by atoms with van der Waals surface area (Å²) in [6.07, 6.45) is 3.46. The molecule has 1 aliphatic carbocycles. The maximum atomic E-state index is 12.9. The van der Waals surface area contributed by atoms with Crippen LogP contribution < -0.4 is 5.63 Å².